The molecule has 78 valence electrons. The van der Waals surface area contributed by atoms with Crippen molar-refractivity contribution in [1.82, 2.24) is 0 Å². The average molecular weight is 225 g/mol. The molecule has 0 aliphatic heterocycles. The van der Waals surface area contributed by atoms with E-state index < -0.39 is 5.63 Å². The fraction of sp³-hybridized carbons (Fsp3) is 0.182. The van der Waals surface area contributed by atoms with Crippen molar-refractivity contribution in [1.29, 1.82) is 0 Å². The zero-order valence-electron chi connectivity index (χ0n) is 8.12. The van der Waals surface area contributed by atoms with Crippen LogP contribution in [0.25, 0.3) is 11.0 Å². The summed E-state index contributed by atoms with van der Waals surface area (Å²) in [5.74, 6) is 0.695. The molecule has 0 spiro atoms. The number of methoxy groups -OCH3 is 1. The molecule has 1 heterocycles. The standard InChI is InChI=1S/C11H9ClO3/c1-14-9-4-2-3-7-5-8(6-12)11(13)15-10(7)9/h2-5H,6H2,1H3. The second kappa shape index (κ2) is 3.95. The second-order valence-electron chi connectivity index (χ2n) is 3.07. The van der Waals surface area contributed by atoms with Gasteiger partial charge in [-0.2, -0.15) is 0 Å². The van der Waals surface area contributed by atoms with Gasteiger partial charge >= 0.3 is 5.63 Å². The molecule has 0 saturated heterocycles. The predicted octanol–water partition coefficient (Wildman–Crippen LogP) is 2.54. The maximum Gasteiger partial charge on any atom is 0.340 e. The normalized spacial score (nSPS) is 10.5. The van der Waals surface area contributed by atoms with Crippen molar-refractivity contribution in [3.63, 3.8) is 0 Å². The van der Waals surface area contributed by atoms with Gasteiger partial charge in [0.15, 0.2) is 11.3 Å². The summed E-state index contributed by atoms with van der Waals surface area (Å²) in [5, 5.41) is 0.810. The highest BCUT2D eigenvalue weighted by Crippen LogP contribution is 2.24. The first-order chi connectivity index (χ1) is 7.26. The van der Waals surface area contributed by atoms with Crippen LogP contribution >= 0.6 is 11.6 Å². The Morgan fingerprint density at radius 2 is 2.27 bits per heavy atom. The van der Waals surface area contributed by atoms with Gasteiger partial charge in [-0.05, 0) is 12.1 Å². The largest absolute Gasteiger partial charge is 0.493 e. The summed E-state index contributed by atoms with van der Waals surface area (Å²) in [7, 11) is 1.53. The maximum atomic E-state index is 11.4. The molecular formula is C11H9ClO3. The van der Waals surface area contributed by atoms with Gasteiger partial charge in [-0.3, -0.25) is 0 Å². The molecule has 0 aliphatic carbocycles. The van der Waals surface area contributed by atoms with Crippen LogP contribution in [-0.4, -0.2) is 7.11 Å². The highest BCUT2D eigenvalue weighted by Gasteiger charge is 2.07. The Morgan fingerprint density at radius 1 is 1.47 bits per heavy atom. The highest BCUT2D eigenvalue weighted by molar-refractivity contribution is 6.17. The monoisotopic (exact) mass is 224 g/mol. The van der Waals surface area contributed by atoms with Crippen molar-refractivity contribution in [2.45, 2.75) is 5.88 Å². The molecule has 1 aromatic carbocycles. The Hall–Kier alpha value is -1.48. The molecule has 0 aliphatic rings. The van der Waals surface area contributed by atoms with Crippen LogP contribution in [0.1, 0.15) is 5.56 Å². The minimum Gasteiger partial charge on any atom is -0.493 e. The zero-order chi connectivity index (χ0) is 10.8. The lowest BCUT2D eigenvalue weighted by atomic mass is 10.2. The van der Waals surface area contributed by atoms with Gasteiger partial charge < -0.3 is 9.15 Å². The maximum absolute atomic E-state index is 11.4. The van der Waals surface area contributed by atoms with Crippen LogP contribution in [0.3, 0.4) is 0 Å². The fourth-order valence-corrected chi connectivity index (χ4v) is 1.60. The first kappa shape index (κ1) is 10.1. The zero-order valence-corrected chi connectivity index (χ0v) is 8.88. The van der Waals surface area contributed by atoms with Crippen molar-refractivity contribution < 1.29 is 9.15 Å². The second-order valence-corrected chi connectivity index (χ2v) is 3.34. The summed E-state index contributed by atoms with van der Waals surface area (Å²) in [6, 6.07) is 7.14. The van der Waals surface area contributed by atoms with E-state index in [0.29, 0.717) is 16.9 Å². The summed E-state index contributed by atoms with van der Waals surface area (Å²) < 4.78 is 10.2. The first-order valence-electron chi connectivity index (χ1n) is 4.42. The third-order valence-corrected chi connectivity index (χ3v) is 2.45. The van der Waals surface area contributed by atoms with E-state index in [1.165, 1.54) is 7.11 Å². The van der Waals surface area contributed by atoms with E-state index in [1.807, 2.05) is 12.1 Å². The molecule has 0 atom stereocenters. The van der Waals surface area contributed by atoms with Crippen LogP contribution in [0.2, 0.25) is 0 Å². The van der Waals surface area contributed by atoms with E-state index in [-0.39, 0.29) is 5.88 Å². The number of hydrogen-bond acceptors (Lipinski definition) is 3. The molecule has 0 radical (unpaired) electrons. The smallest absolute Gasteiger partial charge is 0.340 e. The van der Waals surface area contributed by atoms with Gasteiger partial charge in [0.05, 0.1) is 18.6 Å². The number of benzene rings is 1. The molecule has 4 heteroatoms. The van der Waals surface area contributed by atoms with Crippen LogP contribution in [-0.2, 0) is 5.88 Å². The lowest BCUT2D eigenvalue weighted by molar-refractivity contribution is 0.406. The number of hydrogen-bond donors (Lipinski definition) is 0. The molecule has 0 amide bonds. The van der Waals surface area contributed by atoms with E-state index in [9.17, 15) is 4.79 Å². The van der Waals surface area contributed by atoms with E-state index in [4.69, 9.17) is 20.8 Å². The summed E-state index contributed by atoms with van der Waals surface area (Å²) >= 11 is 5.61. The van der Waals surface area contributed by atoms with Crippen LogP contribution < -0.4 is 10.4 Å². The molecule has 2 aromatic rings. The predicted molar refractivity (Wildman–Crippen MR) is 58.6 cm³/mol. The van der Waals surface area contributed by atoms with Gasteiger partial charge in [-0.15, -0.1) is 11.6 Å². The summed E-state index contributed by atoms with van der Waals surface area (Å²) in [4.78, 5) is 11.4. The van der Waals surface area contributed by atoms with Crippen molar-refractivity contribution in [3.05, 3.63) is 40.2 Å². The van der Waals surface area contributed by atoms with E-state index in [1.54, 1.807) is 12.1 Å². The lowest BCUT2D eigenvalue weighted by Crippen LogP contribution is -2.05. The molecular weight excluding hydrogens is 216 g/mol. The number of halogens is 1. The molecule has 0 fully saturated rings. The molecule has 3 nitrogen and oxygen atoms in total. The Kier molecular flexibility index (Phi) is 2.64. The summed E-state index contributed by atoms with van der Waals surface area (Å²) in [5.41, 5.74) is 0.498. The van der Waals surface area contributed by atoms with Crippen LogP contribution in [0.15, 0.2) is 33.5 Å². The van der Waals surface area contributed by atoms with Crippen molar-refractivity contribution in [2.75, 3.05) is 7.11 Å². The summed E-state index contributed by atoms with van der Waals surface area (Å²) in [6.07, 6.45) is 0. The van der Waals surface area contributed by atoms with Crippen molar-refractivity contribution in [3.8, 4) is 5.75 Å². The van der Waals surface area contributed by atoms with Crippen molar-refractivity contribution in [2.24, 2.45) is 0 Å². The SMILES string of the molecule is COc1cccc2cc(CCl)c(=O)oc12. The van der Waals surface area contributed by atoms with E-state index in [0.717, 1.165) is 5.39 Å². The topological polar surface area (TPSA) is 39.4 Å². The van der Waals surface area contributed by atoms with Crippen LogP contribution in [0.4, 0.5) is 0 Å². The van der Waals surface area contributed by atoms with E-state index >= 15 is 0 Å². The first-order valence-corrected chi connectivity index (χ1v) is 4.95. The summed E-state index contributed by atoms with van der Waals surface area (Å²) in [6.45, 7) is 0. The number of para-hydroxylation sites is 1. The number of fused-ring (bicyclic) bond motifs is 1. The van der Waals surface area contributed by atoms with Gasteiger partial charge in [0.25, 0.3) is 0 Å². The van der Waals surface area contributed by atoms with Gasteiger partial charge in [-0.25, -0.2) is 4.79 Å². The molecule has 15 heavy (non-hydrogen) atoms. The number of rotatable bonds is 2. The molecule has 1 aromatic heterocycles. The molecule has 0 N–H and O–H groups in total. The third kappa shape index (κ3) is 1.70. The number of alkyl halides is 1. The minimum absolute atomic E-state index is 0.148. The van der Waals surface area contributed by atoms with Crippen molar-refractivity contribution >= 4 is 22.6 Å². The van der Waals surface area contributed by atoms with Gasteiger partial charge in [0, 0.05) is 5.39 Å². The molecule has 0 unspecified atom stereocenters. The number of ether oxygens (including phenoxy) is 1. The average Bonchev–Trinajstić information content (AvgIpc) is 2.27. The lowest BCUT2D eigenvalue weighted by Gasteiger charge is -2.03. The minimum atomic E-state index is -0.415. The van der Waals surface area contributed by atoms with Crippen LogP contribution in [0, 0.1) is 0 Å². The Balaban J connectivity index is 2.80. The van der Waals surface area contributed by atoms with Gasteiger partial charge in [0.2, 0.25) is 0 Å². The molecule has 0 saturated carbocycles. The highest BCUT2D eigenvalue weighted by atomic mass is 35.5. The van der Waals surface area contributed by atoms with Gasteiger partial charge in [0.1, 0.15) is 0 Å². The Bertz CT molecular complexity index is 545. The fourth-order valence-electron chi connectivity index (χ4n) is 1.41. The quantitative estimate of drug-likeness (QED) is 0.581. The Labute approximate surface area is 91.2 Å². The third-order valence-electron chi connectivity index (χ3n) is 2.16. The van der Waals surface area contributed by atoms with Gasteiger partial charge in [-0.1, -0.05) is 12.1 Å². The van der Waals surface area contributed by atoms with Crippen LogP contribution in [0.5, 0.6) is 5.75 Å². The molecule has 2 rings (SSSR count). The Morgan fingerprint density at radius 3 is 2.93 bits per heavy atom. The molecule has 0 bridgehead atoms. The van der Waals surface area contributed by atoms with E-state index in [2.05, 4.69) is 0 Å².